The maximum Gasteiger partial charge on any atom is 0.227 e. The summed E-state index contributed by atoms with van der Waals surface area (Å²) in [7, 11) is 0. The number of hydrogen-bond donors (Lipinski definition) is 1. The van der Waals surface area contributed by atoms with Crippen LogP contribution < -0.4 is 10.2 Å². The smallest absolute Gasteiger partial charge is 0.227 e. The Morgan fingerprint density at radius 1 is 1.00 bits per heavy atom. The van der Waals surface area contributed by atoms with E-state index in [2.05, 4.69) is 20.4 Å². The summed E-state index contributed by atoms with van der Waals surface area (Å²) in [5, 5.41) is 12.4. The normalized spacial score (nSPS) is 14.6. The molecule has 0 aliphatic carbocycles. The van der Waals surface area contributed by atoms with Crippen molar-refractivity contribution in [1.29, 1.82) is 0 Å². The van der Waals surface area contributed by atoms with Gasteiger partial charge >= 0.3 is 0 Å². The molecule has 1 aromatic heterocycles. The minimum Gasteiger partial charge on any atom is -0.355 e. The van der Waals surface area contributed by atoms with Crippen LogP contribution in [0, 0.1) is 11.7 Å². The van der Waals surface area contributed by atoms with Gasteiger partial charge in [0.05, 0.1) is 16.4 Å². The van der Waals surface area contributed by atoms with Crippen molar-refractivity contribution >= 4 is 40.6 Å². The number of nitrogens with zero attached hydrogens (tertiary/aromatic N) is 3. The van der Waals surface area contributed by atoms with E-state index in [4.69, 9.17) is 23.2 Å². The molecule has 1 fully saturated rings. The third-order valence-corrected chi connectivity index (χ3v) is 5.72. The molecule has 1 aliphatic rings. The van der Waals surface area contributed by atoms with Crippen LogP contribution in [0.5, 0.6) is 0 Å². The lowest BCUT2D eigenvalue weighted by Crippen LogP contribution is -2.38. The fourth-order valence-electron chi connectivity index (χ4n) is 3.46. The Kier molecular flexibility index (Phi) is 6.16. The monoisotopic (exact) mass is 444 g/mol. The molecule has 1 amide bonds. The first-order chi connectivity index (χ1) is 14.5. The first kappa shape index (κ1) is 20.6. The number of hydrogen-bond acceptors (Lipinski definition) is 4. The van der Waals surface area contributed by atoms with Crippen LogP contribution in [0.15, 0.2) is 54.6 Å². The highest BCUT2D eigenvalue weighted by atomic mass is 35.5. The molecule has 2 aromatic carbocycles. The number of carbonyl (C=O) groups is 1. The number of carbonyl (C=O) groups excluding carboxylic acids is 1. The highest BCUT2D eigenvalue weighted by molar-refractivity contribution is 6.36. The van der Waals surface area contributed by atoms with Gasteiger partial charge in [-0.1, -0.05) is 23.2 Å². The minimum absolute atomic E-state index is 0.0448. The van der Waals surface area contributed by atoms with Gasteiger partial charge in [0.25, 0.3) is 0 Å². The summed E-state index contributed by atoms with van der Waals surface area (Å²) in [6.07, 6.45) is 1.41. The van der Waals surface area contributed by atoms with Gasteiger partial charge in [-0.05, 0) is 67.4 Å². The standard InChI is InChI=1S/C22H19Cl2FN4O/c23-16-3-6-20(18(24)13-16)26-22(30)15-9-11-29(12-10-15)21-8-7-19(27-28-21)14-1-4-17(25)5-2-14/h1-8,13,15H,9-12H2,(H,26,30). The van der Waals surface area contributed by atoms with Crippen LogP contribution in [0.1, 0.15) is 12.8 Å². The van der Waals surface area contributed by atoms with Crippen LogP contribution in [-0.2, 0) is 4.79 Å². The Balaban J connectivity index is 1.34. The predicted octanol–water partition coefficient (Wildman–Crippen LogP) is 5.44. The van der Waals surface area contributed by atoms with Crippen molar-refractivity contribution in [2.75, 3.05) is 23.3 Å². The number of amides is 1. The van der Waals surface area contributed by atoms with Crippen LogP contribution in [0.3, 0.4) is 0 Å². The quantitative estimate of drug-likeness (QED) is 0.581. The first-order valence-electron chi connectivity index (χ1n) is 9.60. The molecule has 0 atom stereocenters. The van der Waals surface area contributed by atoms with E-state index >= 15 is 0 Å². The molecule has 1 aliphatic heterocycles. The van der Waals surface area contributed by atoms with Gasteiger partial charge in [-0.15, -0.1) is 10.2 Å². The Morgan fingerprint density at radius 3 is 2.37 bits per heavy atom. The Bertz CT molecular complexity index is 1040. The van der Waals surface area contributed by atoms with E-state index in [0.717, 1.165) is 11.4 Å². The first-order valence-corrected chi connectivity index (χ1v) is 10.4. The molecular formula is C22H19Cl2FN4O. The van der Waals surface area contributed by atoms with E-state index in [1.807, 2.05) is 12.1 Å². The number of benzene rings is 2. The fourth-order valence-corrected chi connectivity index (χ4v) is 3.92. The maximum atomic E-state index is 13.1. The molecule has 0 spiro atoms. The highest BCUT2D eigenvalue weighted by Crippen LogP contribution is 2.28. The fraction of sp³-hybridized carbons (Fsp3) is 0.227. The molecular weight excluding hydrogens is 426 g/mol. The molecule has 1 saturated heterocycles. The highest BCUT2D eigenvalue weighted by Gasteiger charge is 2.26. The van der Waals surface area contributed by atoms with Gasteiger partial charge in [-0.25, -0.2) is 4.39 Å². The summed E-state index contributed by atoms with van der Waals surface area (Å²) in [6.45, 7) is 1.41. The molecule has 2 heterocycles. The molecule has 1 N–H and O–H groups in total. The van der Waals surface area contributed by atoms with Gasteiger partial charge < -0.3 is 10.2 Å². The lowest BCUT2D eigenvalue weighted by Gasteiger charge is -2.31. The summed E-state index contributed by atoms with van der Waals surface area (Å²) < 4.78 is 13.1. The second kappa shape index (κ2) is 8.98. The van der Waals surface area contributed by atoms with Crippen molar-refractivity contribution in [3.63, 3.8) is 0 Å². The molecule has 0 bridgehead atoms. The van der Waals surface area contributed by atoms with E-state index in [-0.39, 0.29) is 17.6 Å². The molecule has 8 heteroatoms. The number of nitrogens with one attached hydrogen (secondary N) is 1. The Labute approximate surface area is 183 Å². The van der Waals surface area contributed by atoms with Gasteiger partial charge in [0, 0.05) is 29.6 Å². The minimum atomic E-state index is -0.284. The molecule has 3 aromatic rings. The van der Waals surface area contributed by atoms with Gasteiger partial charge in [0.15, 0.2) is 5.82 Å². The van der Waals surface area contributed by atoms with Crippen LogP contribution in [-0.4, -0.2) is 29.2 Å². The lowest BCUT2D eigenvalue weighted by atomic mass is 9.95. The van der Waals surface area contributed by atoms with E-state index in [1.165, 1.54) is 12.1 Å². The zero-order chi connectivity index (χ0) is 21.1. The molecule has 5 nitrogen and oxygen atoms in total. The average molecular weight is 445 g/mol. The predicted molar refractivity (Wildman–Crippen MR) is 117 cm³/mol. The second-order valence-electron chi connectivity index (χ2n) is 7.16. The van der Waals surface area contributed by atoms with Gasteiger partial charge in [-0.2, -0.15) is 0 Å². The number of aromatic nitrogens is 2. The van der Waals surface area contributed by atoms with Crippen molar-refractivity contribution in [3.05, 3.63) is 70.5 Å². The second-order valence-corrected chi connectivity index (χ2v) is 8.00. The number of anilines is 2. The molecule has 0 saturated carbocycles. The number of halogens is 3. The SMILES string of the molecule is O=C(Nc1ccc(Cl)cc1Cl)C1CCN(c2ccc(-c3ccc(F)cc3)nn2)CC1. The van der Waals surface area contributed by atoms with E-state index in [0.29, 0.717) is 47.4 Å². The van der Waals surface area contributed by atoms with E-state index < -0.39 is 0 Å². The molecule has 30 heavy (non-hydrogen) atoms. The van der Waals surface area contributed by atoms with Crippen molar-refractivity contribution in [2.24, 2.45) is 5.92 Å². The molecule has 4 rings (SSSR count). The van der Waals surface area contributed by atoms with Crippen LogP contribution >= 0.6 is 23.2 Å². The number of rotatable bonds is 4. The number of piperidine rings is 1. The summed E-state index contributed by atoms with van der Waals surface area (Å²) >= 11 is 12.0. The molecule has 154 valence electrons. The third kappa shape index (κ3) is 4.71. The third-order valence-electron chi connectivity index (χ3n) is 5.17. The Morgan fingerprint density at radius 2 is 1.73 bits per heavy atom. The van der Waals surface area contributed by atoms with Crippen molar-refractivity contribution in [2.45, 2.75) is 12.8 Å². The average Bonchev–Trinajstić information content (AvgIpc) is 2.76. The van der Waals surface area contributed by atoms with Gasteiger partial charge in [-0.3, -0.25) is 4.79 Å². The van der Waals surface area contributed by atoms with Crippen molar-refractivity contribution in [1.82, 2.24) is 10.2 Å². The Hall–Kier alpha value is -2.70. The van der Waals surface area contributed by atoms with Crippen LogP contribution in [0.2, 0.25) is 10.0 Å². The van der Waals surface area contributed by atoms with E-state index in [9.17, 15) is 9.18 Å². The van der Waals surface area contributed by atoms with Crippen LogP contribution in [0.25, 0.3) is 11.3 Å². The van der Waals surface area contributed by atoms with Gasteiger partial charge in [0.2, 0.25) is 5.91 Å². The molecule has 0 unspecified atom stereocenters. The zero-order valence-corrected chi connectivity index (χ0v) is 17.5. The van der Waals surface area contributed by atoms with Crippen LogP contribution in [0.4, 0.5) is 15.9 Å². The zero-order valence-electron chi connectivity index (χ0n) is 16.0. The maximum absolute atomic E-state index is 13.1. The van der Waals surface area contributed by atoms with Crippen molar-refractivity contribution < 1.29 is 9.18 Å². The lowest BCUT2D eigenvalue weighted by molar-refractivity contribution is -0.120. The van der Waals surface area contributed by atoms with E-state index in [1.54, 1.807) is 30.3 Å². The summed E-state index contributed by atoms with van der Waals surface area (Å²) in [5.74, 6) is 0.338. The van der Waals surface area contributed by atoms with Crippen molar-refractivity contribution in [3.8, 4) is 11.3 Å². The summed E-state index contributed by atoms with van der Waals surface area (Å²) in [5.41, 5.74) is 2.07. The largest absolute Gasteiger partial charge is 0.355 e. The molecule has 0 radical (unpaired) electrons. The topological polar surface area (TPSA) is 58.1 Å². The summed E-state index contributed by atoms with van der Waals surface area (Å²) in [6, 6.07) is 14.9. The van der Waals surface area contributed by atoms with Gasteiger partial charge in [0.1, 0.15) is 5.82 Å². The summed E-state index contributed by atoms with van der Waals surface area (Å²) in [4.78, 5) is 14.7.